The average Bonchev–Trinajstić information content (AvgIpc) is 3.38. The first-order valence-corrected chi connectivity index (χ1v) is 12.3. The Bertz CT molecular complexity index is 984. The van der Waals surface area contributed by atoms with Gasteiger partial charge in [0.05, 0.1) is 6.10 Å². The first kappa shape index (κ1) is 24.1. The smallest absolute Gasteiger partial charge is 0.408 e. The van der Waals surface area contributed by atoms with Gasteiger partial charge in [-0.05, 0) is 74.9 Å². The van der Waals surface area contributed by atoms with Crippen LogP contribution in [0.15, 0.2) is 48.5 Å². The van der Waals surface area contributed by atoms with E-state index in [9.17, 15) is 9.59 Å². The highest BCUT2D eigenvalue weighted by Crippen LogP contribution is 2.31. The van der Waals surface area contributed by atoms with Crippen molar-refractivity contribution in [3.05, 3.63) is 59.7 Å². The van der Waals surface area contributed by atoms with Gasteiger partial charge in [-0.25, -0.2) is 4.79 Å². The highest BCUT2D eigenvalue weighted by atomic mass is 16.6. The number of nitrogens with zero attached hydrogens (tertiary/aromatic N) is 1. The number of fused-ring (bicyclic) bond motifs is 1. The zero-order valence-corrected chi connectivity index (χ0v) is 20.1. The number of amides is 2. The molecule has 2 aromatic rings. The van der Waals surface area contributed by atoms with Crippen molar-refractivity contribution >= 4 is 23.4 Å². The van der Waals surface area contributed by atoms with Gasteiger partial charge in [0.25, 0.3) is 5.91 Å². The molecule has 2 aromatic carbocycles. The molecule has 1 aliphatic heterocycles. The first-order valence-electron chi connectivity index (χ1n) is 12.3. The molecule has 34 heavy (non-hydrogen) atoms. The van der Waals surface area contributed by atoms with Crippen molar-refractivity contribution in [3.8, 4) is 0 Å². The minimum Gasteiger partial charge on any atom is -0.447 e. The molecule has 7 nitrogen and oxygen atoms in total. The predicted molar refractivity (Wildman–Crippen MR) is 133 cm³/mol. The Hall–Kier alpha value is -3.06. The number of hydrogen-bond acceptors (Lipinski definition) is 5. The van der Waals surface area contributed by atoms with E-state index in [2.05, 4.69) is 35.4 Å². The van der Waals surface area contributed by atoms with Crippen LogP contribution in [0.3, 0.4) is 0 Å². The highest BCUT2D eigenvalue weighted by molar-refractivity contribution is 6.00. The number of carbonyl (C=O) groups excluding carboxylic acids is 2. The first-order chi connectivity index (χ1) is 16.5. The Morgan fingerprint density at radius 2 is 1.82 bits per heavy atom. The van der Waals surface area contributed by atoms with Crippen molar-refractivity contribution < 1.29 is 19.1 Å². The van der Waals surface area contributed by atoms with E-state index in [4.69, 9.17) is 9.47 Å². The van der Waals surface area contributed by atoms with Gasteiger partial charge in [0.1, 0.15) is 12.1 Å². The zero-order chi connectivity index (χ0) is 24.0. The Kier molecular flexibility index (Phi) is 7.73. The molecule has 0 saturated carbocycles. The fourth-order valence-corrected chi connectivity index (χ4v) is 4.86. The molecule has 1 heterocycles. The van der Waals surface area contributed by atoms with Gasteiger partial charge in [0.2, 0.25) is 0 Å². The fraction of sp³-hybridized carbons (Fsp3) is 0.481. The van der Waals surface area contributed by atoms with Gasteiger partial charge in [-0.1, -0.05) is 24.3 Å². The average molecular weight is 466 g/mol. The van der Waals surface area contributed by atoms with Gasteiger partial charge in [-0.15, -0.1) is 0 Å². The zero-order valence-electron chi connectivity index (χ0n) is 20.1. The lowest BCUT2D eigenvalue weighted by Crippen LogP contribution is -2.60. The van der Waals surface area contributed by atoms with Crippen molar-refractivity contribution in [2.24, 2.45) is 0 Å². The molecule has 1 fully saturated rings. The molecule has 1 saturated heterocycles. The topological polar surface area (TPSA) is 79.9 Å². The molecule has 0 radical (unpaired) electrons. The second-order valence-electron chi connectivity index (χ2n) is 9.06. The highest BCUT2D eigenvalue weighted by Gasteiger charge is 2.43. The van der Waals surface area contributed by atoms with Gasteiger partial charge in [-0.3, -0.25) is 4.79 Å². The Labute approximate surface area is 201 Å². The number of alkyl carbamates (subject to hydrolysis) is 1. The van der Waals surface area contributed by atoms with Crippen LogP contribution in [0.1, 0.15) is 44.2 Å². The number of rotatable bonds is 8. The molecule has 2 amide bonds. The minimum atomic E-state index is -1.08. The third-order valence-electron chi connectivity index (χ3n) is 6.89. The van der Waals surface area contributed by atoms with Crippen LogP contribution in [0.25, 0.3) is 0 Å². The molecule has 2 aliphatic rings. The molecule has 4 rings (SSSR count). The van der Waals surface area contributed by atoms with E-state index >= 15 is 0 Å². The number of benzene rings is 2. The van der Waals surface area contributed by atoms with E-state index in [1.807, 2.05) is 42.5 Å². The lowest BCUT2D eigenvalue weighted by atomic mass is 9.77. The molecule has 1 aliphatic carbocycles. The number of aryl methyl sites for hydroxylation is 1. The number of nitrogens with one attached hydrogen (secondary N) is 2. The normalized spacial score (nSPS) is 21.4. The Morgan fingerprint density at radius 3 is 2.50 bits per heavy atom. The summed E-state index contributed by atoms with van der Waals surface area (Å²) in [4.78, 5) is 28.6. The number of anilines is 2. The van der Waals surface area contributed by atoms with Crippen LogP contribution in [0, 0.1) is 0 Å². The number of ether oxygens (including phenoxy) is 2. The SMILES string of the molecule is CCN(CC)c1ccc(NC(=O)C2(NC(=O)OCC3CCCO3)CCc3ccccc3C2)cc1. The third kappa shape index (κ3) is 5.53. The quantitative estimate of drug-likeness (QED) is 0.608. The van der Waals surface area contributed by atoms with Crippen molar-refractivity contribution in [2.75, 3.05) is 36.5 Å². The summed E-state index contributed by atoms with van der Waals surface area (Å²) in [6.07, 6.45) is 2.84. The molecular weight excluding hydrogens is 430 g/mol. The summed E-state index contributed by atoms with van der Waals surface area (Å²) >= 11 is 0. The third-order valence-corrected chi connectivity index (χ3v) is 6.89. The van der Waals surface area contributed by atoms with Crippen molar-refractivity contribution in [1.82, 2.24) is 5.32 Å². The molecule has 2 N–H and O–H groups in total. The van der Waals surface area contributed by atoms with Gasteiger partial charge in [0, 0.05) is 37.5 Å². The molecule has 0 aromatic heterocycles. The second kappa shape index (κ2) is 10.9. The van der Waals surface area contributed by atoms with Crippen molar-refractivity contribution in [2.45, 2.75) is 57.6 Å². The maximum Gasteiger partial charge on any atom is 0.408 e. The van der Waals surface area contributed by atoms with E-state index in [0.717, 1.165) is 37.2 Å². The van der Waals surface area contributed by atoms with E-state index in [0.29, 0.717) is 31.6 Å². The van der Waals surface area contributed by atoms with E-state index < -0.39 is 11.6 Å². The minimum absolute atomic E-state index is 0.0630. The summed E-state index contributed by atoms with van der Waals surface area (Å²) in [5, 5.41) is 5.96. The number of carbonyl (C=O) groups is 2. The van der Waals surface area contributed by atoms with Gasteiger partial charge >= 0.3 is 6.09 Å². The van der Waals surface area contributed by atoms with Crippen molar-refractivity contribution in [3.63, 3.8) is 0 Å². The monoisotopic (exact) mass is 465 g/mol. The van der Waals surface area contributed by atoms with E-state index in [1.54, 1.807) is 0 Å². The van der Waals surface area contributed by atoms with Crippen LogP contribution in [0.2, 0.25) is 0 Å². The maximum absolute atomic E-state index is 13.6. The van der Waals surface area contributed by atoms with Crippen LogP contribution >= 0.6 is 0 Å². The summed E-state index contributed by atoms with van der Waals surface area (Å²) in [5.74, 6) is -0.230. The predicted octanol–water partition coefficient (Wildman–Crippen LogP) is 4.30. The summed E-state index contributed by atoms with van der Waals surface area (Å²) in [6, 6.07) is 15.9. The number of hydrogen-bond donors (Lipinski definition) is 2. The summed E-state index contributed by atoms with van der Waals surface area (Å²) < 4.78 is 11.0. The van der Waals surface area contributed by atoms with Crippen LogP contribution in [-0.2, 0) is 27.1 Å². The van der Waals surface area contributed by atoms with Gasteiger partial charge in [-0.2, -0.15) is 0 Å². The largest absolute Gasteiger partial charge is 0.447 e. The lowest BCUT2D eigenvalue weighted by molar-refractivity contribution is -0.122. The summed E-state index contributed by atoms with van der Waals surface area (Å²) in [6.45, 7) is 6.98. The van der Waals surface area contributed by atoms with Crippen LogP contribution < -0.4 is 15.5 Å². The summed E-state index contributed by atoms with van der Waals surface area (Å²) in [5.41, 5.74) is 3.01. The van der Waals surface area contributed by atoms with Crippen LogP contribution in [0.4, 0.5) is 16.2 Å². The molecule has 0 bridgehead atoms. The van der Waals surface area contributed by atoms with Crippen LogP contribution in [0.5, 0.6) is 0 Å². The lowest BCUT2D eigenvalue weighted by Gasteiger charge is -2.37. The Morgan fingerprint density at radius 1 is 1.09 bits per heavy atom. The van der Waals surface area contributed by atoms with Crippen LogP contribution in [-0.4, -0.2) is 49.9 Å². The summed E-state index contributed by atoms with van der Waals surface area (Å²) in [7, 11) is 0. The van der Waals surface area contributed by atoms with Gasteiger partial charge in [0.15, 0.2) is 0 Å². The van der Waals surface area contributed by atoms with Gasteiger partial charge < -0.3 is 25.0 Å². The molecule has 2 unspecified atom stereocenters. The van der Waals surface area contributed by atoms with E-state index in [1.165, 1.54) is 5.56 Å². The molecular formula is C27H35N3O4. The molecule has 7 heteroatoms. The molecule has 0 spiro atoms. The van der Waals surface area contributed by atoms with E-state index in [-0.39, 0.29) is 18.6 Å². The molecule has 2 atom stereocenters. The fourth-order valence-electron chi connectivity index (χ4n) is 4.86. The second-order valence-corrected chi connectivity index (χ2v) is 9.06. The molecule has 182 valence electrons. The maximum atomic E-state index is 13.6. The Balaban J connectivity index is 1.49. The van der Waals surface area contributed by atoms with Crippen molar-refractivity contribution in [1.29, 1.82) is 0 Å². The standard InChI is InChI=1S/C27H35N3O4/c1-3-30(4-2)23-13-11-22(12-14-23)28-25(31)27(16-15-20-8-5-6-9-21(20)18-27)29-26(32)34-19-24-10-7-17-33-24/h5-6,8-9,11-14,24H,3-4,7,10,15-19H2,1-2H3,(H,28,31)(H,29,32).